The molecule has 0 radical (unpaired) electrons. The van der Waals surface area contributed by atoms with E-state index in [0.717, 1.165) is 17.5 Å². The fourth-order valence-electron chi connectivity index (χ4n) is 9.75. The molecule has 2 aliphatic rings. The number of hydrogen-bond donors (Lipinski definition) is 6. The summed E-state index contributed by atoms with van der Waals surface area (Å²) in [5.41, 5.74) is 0.747. The van der Waals surface area contributed by atoms with E-state index in [1.54, 1.807) is 71.8 Å². The second kappa shape index (κ2) is 28.9. The lowest BCUT2D eigenvalue weighted by atomic mass is 9.85. The van der Waals surface area contributed by atoms with Crippen molar-refractivity contribution in [2.24, 2.45) is 10.8 Å². The molecule has 2 heterocycles. The predicted octanol–water partition coefficient (Wildman–Crippen LogP) is 4.22. The Morgan fingerprint density at radius 2 is 0.937 bits per heavy atom. The molecule has 2 fully saturated rings. The van der Waals surface area contributed by atoms with Crippen LogP contribution >= 0.6 is 0 Å². The molecular formula is C59H84F2N10O8. The Morgan fingerprint density at radius 3 is 1.34 bits per heavy atom. The minimum atomic E-state index is -0.831. The number of nitrogens with zero attached hydrogens (tertiary/aromatic N) is 4. The van der Waals surface area contributed by atoms with Crippen LogP contribution in [0.1, 0.15) is 119 Å². The van der Waals surface area contributed by atoms with Gasteiger partial charge in [0.25, 0.3) is 11.8 Å². The molecule has 20 heteroatoms. The number of carbonyl (C=O) groups excluding carboxylic acids is 8. The zero-order valence-corrected chi connectivity index (χ0v) is 47.8. The molecule has 18 nitrogen and oxygen atoms in total. The molecule has 2 saturated heterocycles. The number of nitrogens with one attached hydrogen (secondary N) is 6. The monoisotopic (exact) mass is 1100 g/mol. The molecule has 5 rings (SSSR count). The first-order chi connectivity index (χ1) is 37.3. The fourth-order valence-corrected chi connectivity index (χ4v) is 9.75. The minimum absolute atomic E-state index is 0.162. The molecule has 0 bridgehead atoms. The minimum Gasteiger partial charge on any atom is -0.343 e. The molecule has 8 amide bonds. The van der Waals surface area contributed by atoms with Crippen LogP contribution in [0.25, 0.3) is 0 Å². The van der Waals surface area contributed by atoms with Gasteiger partial charge in [-0.2, -0.15) is 0 Å². The molecule has 0 saturated carbocycles. The van der Waals surface area contributed by atoms with Crippen LogP contribution in [0.2, 0.25) is 0 Å². The Kier molecular flexibility index (Phi) is 23.1. The van der Waals surface area contributed by atoms with E-state index in [2.05, 4.69) is 31.9 Å². The molecule has 0 unspecified atom stereocenters. The van der Waals surface area contributed by atoms with Crippen LogP contribution in [0.5, 0.6) is 0 Å². The van der Waals surface area contributed by atoms with Crippen molar-refractivity contribution in [2.45, 2.75) is 137 Å². The molecule has 432 valence electrons. The van der Waals surface area contributed by atoms with Crippen LogP contribution in [0.4, 0.5) is 8.78 Å². The van der Waals surface area contributed by atoms with Crippen LogP contribution in [-0.2, 0) is 41.6 Å². The topological polar surface area (TPSA) is 222 Å². The SMILES string of the molecule is CN[C@@H](C)C(=O)N[C@H](C(=O)N1CCC[C@H]1CCN(CCc1ccc(F)cc1)C(=O)CNC(=O)c1ccc(C(=O)NCC(=O)N(CCc2ccc(F)cc2)C[C@@H]2CCCN2C(=O)[C@@H](NC(=O)[C@H](C)NC)C(C)(C)C)cc1)C(C)(C)C. The van der Waals surface area contributed by atoms with Gasteiger partial charge in [0, 0.05) is 62.5 Å². The van der Waals surface area contributed by atoms with Gasteiger partial charge in [-0.25, -0.2) is 8.78 Å². The lowest BCUT2D eigenvalue weighted by molar-refractivity contribution is -0.142. The molecule has 6 N–H and O–H groups in total. The maximum atomic E-state index is 14.2. The maximum Gasteiger partial charge on any atom is 0.251 e. The van der Waals surface area contributed by atoms with Crippen LogP contribution in [0.15, 0.2) is 72.8 Å². The van der Waals surface area contributed by atoms with E-state index >= 15 is 0 Å². The number of carbonyl (C=O) groups is 8. The maximum absolute atomic E-state index is 14.2. The van der Waals surface area contributed by atoms with Gasteiger partial charge in [-0.05, 0) is 143 Å². The molecule has 0 aromatic heterocycles. The van der Waals surface area contributed by atoms with Gasteiger partial charge in [0.1, 0.15) is 23.7 Å². The smallest absolute Gasteiger partial charge is 0.251 e. The molecule has 3 aromatic carbocycles. The Morgan fingerprint density at radius 1 is 0.557 bits per heavy atom. The summed E-state index contributed by atoms with van der Waals surface area (Å²) in [4.78, 5) is 116. The van der Waals surface area contributed by atoms with E-state index in [0.29, 0.717) is 51.6 Å². The lowest BCUT2D eigenvalue weighted by Gasteiger charge is -2.37. The molecule has 2 aliphatic heterocycles. The highest BCUT2D eigenvalue weighted by Crippen LogP contribution is 2.29. The summed E-state index contributed by atoms with van der Waals surface area (Å²) < 4.78 is 27.5. The summed E-state index contributed by atoms with van der Waals surface area (Å²) in [7, 11) is 3.34. The zero-order valence-electron chi connectivity index (χ0n) is 47.8. The standard InChI is InChI=1S/C59H84F2N10O8/c1-38(62-9)52(74)66-50(58(3,4)5)56(78)70-30-11-13-46(70)29-34-68(32-27-40-15-23-44(60)24-16-40)48(72)35-64-54(76)42-19-21-43(22-20-42)55(77)65-36-49(73)69(33-28-41-17-25-45(61)26-18-41)37-47-14-12-31-71(47)57(79)51(59(6,7)8)67-53(75)39(2)63-10/h15-26,38-39,46-47,50-51,62-63H,11-14,27-37H2,1-10H3,(H,64,76)(H,65,77)(H,66,74)(H,67,75)/t38-,39-,46-,47-,50+,51+/m0/s1. The summed E-state index contributed by atoms with van der Waals surface area (Å²) >= 11 is 0. The van der Waals surface area contributed by atoms with Crippen molar-refractivity contribution in [1.82, 2.24) is 51.5 Å². The zero-order chi connectivity index (χ0) is 58.2. The number of likely N-dealkylation sites (N-methyl/N-ethyl adjacent to an activating group) is 2. The van der Waals surface area contributed by atoms with Crippen molar-refractivity contribution in [3.05, 3.63) is 107 Å². The normalized spacial score (nSPS) is 17.0. The number of likely N-dealkylation sites (tertiary alicyclic amines) is 2. The van der Waals surface area contributed by atoms with E-state index in [4.69, 9.17) is 0 Å². The first kappa shape index (κ1) is 63.0. The third-order valence-electron chi connectivity index (χ3n) is 15.0. The van der Waals surface area contributed by atoms with E-state index in [9.17, 15) is 47.1 Å². The van der Waals surface area contributed by atoms with Gasteiger partial charge in [0.2, 0.25) is 35.4 Å². The van der Waals surface area contributed by atoms with Crippen molar-refractivity contribution in [3.8, 4) is 0 Å². The quantitative estimate of drug-likeness (QED) is 0.0710. The highest BCUT2D eigenvalue weighted by molar-refractivity contribution is 6.00. The molecule has 3 aromatic rings. The van der Waals surface area contributed by atoms with Gasteiger partial charge < -0.3 is 51.5 Å². The van der Waals surface area contributed by atoms with Gasteiger partial charge in [-0.1, -0.05) is 65.8 Å². The highest BCUT2D eigenvalue weighted by Gasteiger charge is 2.42. The molecule has 0 spiro atoms. The van der Waals surface area contributed by atoms with Crippen LogP contribution in [-0.4, -0.2) is 170 Å². The van der Waals surface area contributed by atoms with Crippen LogP contribution < -0.4 is 31.9 Å². The summed E-state index contributed by atoms with van der Waals surface area (Å²) in [6, 6.07) is 14.5. The van der Waals surface area contributed by atoms with Gasteiger partial charge in [-0.3, -0.25) is 38.4 Å². The Labute approximate surface area is 464 Å². The highest BCUT2D eigenvalue weighted by atomic mass is 19.1. The number of halogens is 2. The largest absolute Gasteiger partial charge is 0.343 e. The first-order valence-corrected chi connectivity index (χ1v) is 27.6. The van der Waals surface area contributed by atoms with Crippen molar-refractivity contribution < 1.29 is 47.1 Å². The van der Waals surface area contributed by atoms with Crippen molar-refractivity contribution in [2.75, 3.05) is 66.5 Å². The second-order valence-corrected chi connectivity index (χ2v) is 23.0. The Bertz CT molecular complexity index is 2570. The van der Waals surface area contributed by atoms with E-state index in [-0.39, 0.29) is 97.8 Å². The van der Waals surface area contributed by atoms with Gasteiger partial charge in [0.05, 0.1) is 25.2 Å². The third kappa shape index (κ3) is 18.4. The fraction of sp³-hybridized carbons (Fsp3) is 0.559. The third-order valence-corrected chi connectivity index (χ3v) is 15.0. The Balaban J connectivity index is 1.21. The average molecular weight is 1100 g/mol. The summed E-state index contributed by atoms with van der Waals surface area (Å²) in [5, 5.41) is 17.1. The predicted molar refractivity (Wildman–Crippen MR) is 298 cm³/mol. The Hall–Kier alpha value is -6.80. The molecule has 6 atom stereocenters. The second-order valence-electron chi connectivity index (χ2n) is 23.0. The summed E-state index contributed by atoms with van der Waals surface area (Å²) in [6.45, 7) is 15.9. The number of amides is 8. The van der Waals surface area contributed by atoms with Crippen LogP contribution in [0, 0.1) is 22.5 Å². The summed E-state index contributed by atoms with van der Waals surface area (Å²) in [5.74, 6) is -3.73. The van der Waals surface area contributed by atoms with E-state index < -0.39 is 58.5 Å². The van der Waals surface area contributed by atoms with Gasteiger partial charge >= 0.3 is 0 Å². The molecule has 79 heavy (non-hydrogen) atoms. The van der Waals surface area contributed by atoms with Crippen molar-refractivity contribution in [1.29, 1.82) is 0 Å². The van der Waals surface area contributed by atoms with Crippen molar-refractivity contribution >= 4 is 47.3 Å². The van der Waals surface area contributed by atoms with Crippen molar-refractivity contribution in [3.63, 3.8) is 0 Å². The van der Waals surface area contributed by atoms with E-state index in [1.807, 2.05) is 41.5 Å². The first-order valence-electron chi connectivity index (χ1n) is 27.6. The number of rotatable bonds is 25. The number of hydrogen-bond acceptors (Lipinski definition) is 10. The average Bonchev–Trinajstić information content (AvgIpc) is 4.11. The molecule has 0 aliphatic carbocycles. The number of benzene rings is 3. The van der Waals surface area contributed by atoms with Gasteiger partial charge in [-0.15, -0.1) is 0 Å². The van der Waals surface area contributed by atoms with E-state index in [1.165, 1.54) is 48.5 Å². The van der Waals surface area contributed by atoms with Crippen LogP contribution in [0.3, 0.4) is 0 Å². The van der Waals surface area contributed by atoms with Gasteiger partial charge in [0.15, 0.2) is 0 Å². The molecular weight excluding hydrogens is 1010 g/mol. The lowest BCUT2D eigenvalue weighted by Crippen LogP contribution is -2.59. The summed E-state index contributed by atoms with van der Waals surface area (Å²) in [6.07, 6.45) is 4.02.